The maximum atomic E-state index is 13.8. The Morgan fingerprint density at radius 3 is 2.27 bits per heavy atom. The third-order valence-electron chi connectivity index (χ3n) is 7.64. The predicted molar refractivity (Wildman–Crippen MR) is 165 cm³/mol. The molecular weight excluding hydrogens is 496 g/mol. The molecule has 0 saturated carbocycles. The minimum absolute atomic E-state index is 0.207. The molecule has 0 spiro atoms. The molecule has 204 valence electrons. The molecule has 0 radical (unpaired) electrons. The molecule has 5 aromatic rings. The zero-order valence-corrected chi connectivity index (χ0v) is 24.5. The first kappa shape index (κ1) is 27.1. The van der Waals surface area contributed by atoms with E-state index in [1.165, 1.54) is 21.5 Å². The summed E-state index contributed by atoms with van der Waals surface area (Å²) in [6.45, 7) is 14.7. The fourth-order valence-corrected chi connectivity index (χ4v) is 5.51. The van der Waals surface area contributed by atoms with E-state index in [1.807, 2.05) is 31.2 Å². The summed E-state index contributed by atoms with van der Waals surface area (Å²) in [5, 5.41) is 5.31. The number of fused-ring (bicyclic) bond motifs is 1. The van der Waals surface area contributed by atoms with Gasteiger partial charge >= 0.3 is 0 Å². The fraction of sp³-hybridized carbons (Fsp3) is 0.265. The first-order chi connectivity index (χ1) is 19.1. The SMILES string of the molecule is COc1cc(C)c(-c2nc3ccccc3c(=O)n2N=Cc2cc(C)n(-c3c(C)cccc3C)c2C)cc1C(C)C. The predicted octanol–water partition coefficient (Wildman–Crippen LogP) is 7.41. The number of ether oxygens (including phenoxy) is 1. The van der Waals surface area contributed by atoms with Gasteiger partial charge in [0.1, 0.15) is 5.75 Å². The lowest BCUT2D eigenvalue weighted by atomic mass is 9.96. The van der Waals surface area contributed by atoms with Crippen molar-refractivity contribution in [2.24, 2.45) is 5.10 Å². The van der Waals surface area contributed by atoms with Crippen LogP contribution in [0.5, 0.6) is 5.75 Å². The summed E-state index contributed by atoms with van der Waals surface area (Å²) in [4.78, 5) is 18.8. The minimum atomic E-state index is -0.207. The molecule has 0 bridgehead atoms. The van der Waals surface area contributed by atoms with Crippen molar-refractivity contribution < 1.29 is 4.74 Å². The summed E-state index contributed by atoms with van der Waals surface area (Å²) >= 11 is 0. The molecule has 5 rings (SSSR count). The van der Waals surface area contributed by atoms with Gasteiger partial charge in [0.15, 0.2) is 5.82 Å². The second kappa shape index (κ2) is 10.6. The van der Waals surface area contributed by atoms with Crippen LogP contribution in [-0.4, -0.2) is 27.6 Å². The molecule has 0 fully saturated rings. The normalized spacial score (nSPS) is 11.7. The van der Waals surface area contributed by atoms with E-state index < -0.39 is 0 Å². The van der Waals surface area contributed by atoms with Crippen LogP contribution in [0, 0.1) is 34.6 Å². The number of hydrogen-bond acceptors (Lipinski definition) is 4. The van der Waals surface area contributed by atoms with Gasteiger partial charge in [-0.25, -0.2) is 4.98 Å². The van der Waals surface area contributed by atoms with E-state index in [-0.39, 0.29) is 11.5 Å². The summed E-state index contributed by atoms with van der Waals surface area (Å²) in [7, 11) is 1.68. The van der Waals surface area contributed by atoms with Crippen molar-refractivity contribution in [1.29, 1.82) is 0 Å². The maximum absolute atomic E-state index is 13.8. The molecule has 40 heavy (non-hydrogen) atoms. The lowest BCUT2D eigenvalue weighted by Gasteiger charge is -2.17. The van der Waals surface area contributed by atoms with Gasteiger partial charge in [0.05, 0.1) is 29.9 Å². The molecule has 0 unspecified atom stereocenters. The molecule has 0 saturated heterocycles. The van der Waals surface area contributed by atoms with E-state index in [1.54, 1.807) is 19.4 Å². The monoisotopic (exact) mass is 532 g/mol. The van der Waals surface area contributed by atoms with Gasteiger partial charge in [0.25, 0.3) is 5.56 Å². The van der Waals surface area contributed by atoms with E-state index in [9.17, 15) is 4.79 Å². The number of methoxy groups -OCH3 is 1. The average Bonchev–Trinajstić information content (AvgIpc) is 3.20. The maximum Gasteiger partial charge on any atom is 0.282 e. The largest absolute Gasteiger partial charge is 0.496 e. The van der Waals surface area contributed by atoms with Crippen molar-refractivity contribution in [3.63, 3.8) is 0 Å². The second-order valence-electron chi connectivity index (χ2n) is 10.8. The second-order valence-corrected chi connectivity index (χ2v) is 10.8. The minimum Gasteiger partial charge on any atom is -0.496 e. The van der Waals surface area contributed by atoms with E-state index >= 15 is 0 Å². The van der Waals surface area contributed by atoms with Gasteiger partial charge in [-0.3, -0.25) is 4.79 Å². The molecular formula is C34H36N4O2. The van der Waals surface area contributed by atoms with Crippen molar-refractivity contribution in [2.45, 2.75) is 54.4 Å². The number of hydrogen-bond donors (Lipinski definition) is 0. The van der Waals surface area contributed by atoms with Crippen LogP contribution in [0.3, 0.4) is 0 Å². The van der Waals surface area contributed by atoms with Crippen molar-refractivity contribution in [1.82, 2.24) is 14.2 Å². The Hall–Kier alpha value is -4.45. The third kappa shape index (κ3) is 4.64. The molecule has 0 amide bonds. The molecule has 0 N–H and O–H groups in total. The van der Waals surface area contributed by atoms with Crippen LogP contribution in [-0.2, 0) is 0 Å². The molecule has 2 heterocycles. The number of nitrogens with zero attached hydrogens (tertiary/aromatic N) is 4. The number of rotatable bonds is 6. The Labute approximate surface area is 235 Å². The number of aryl methyl sites for hydroxylation is 4. The first-order valence-electron chi connectivity index (χ1n) is 13.6. The lowest BCUT2D eigenvalue weighted by Crippen LogP contribution is -2.21. The third-order valence-corrected chi connectivity index (χ3v) is 7.64. The van der Waals surface area contributed by atoms with Crippen molar-refractivity contribution in [3.8, 4) is 22.8 Å². The summed E-state index contributed by atoms with van der Waals surface area (Å²) < 4.78 is 9.36. The van der Waals surface area contributed by atoms with Crippen molar-refractivity contribution >= 4 is 17.1 Å². The Balaban J connectivity index is 1.72. The van der Waals surface area contributed by atoms with Gasteiger partial charge in [-0.05, 0) is 93.1 Å². The van der Waals surface area contributed by atoms with E-state index in [2.05, 4.69) is 76.4 Å². The van der Waals surface area contributed by atoms with Gasteiger partial charge < -0.3 is 9.30 Å². The molecule has 3 aromatic carbocycles. The molecule has 0 aliphatic rings. The Bertz CT molecular complexity index is 1820. The fourth-order valence-electron chi connectivity index (χ4n) is 5.51. The zero-order chi connectivity index (χ0) is 28.7. The van der Waals surface area contributed by atoms with Crippen LogP contribution in [0.2, 0.25) is 0 Å². The van der Waals surface area contributed by atoms with Crippen molar-refractivity contribution in [3.05, 3.63) is 110 Å². The summed E-state index contributed by atoms with van der Waals surface area (Å²) in [5.41, 5.74) is 10.0. The highest BCUT2D eigenvalue weighted by Crippen LogP contribution is 2.34. The molecule has 2 aromatic heterocycles. The highest BCUT2D eigenvalue weighted by Gasteiger charge is 2.19. The van der Waals surface area contributed by atoms with Crippen LogP contribution in [0.4, 0.5) is 0 Å². The summed E-state index contributed by atoms with van der Waals surface area (Å²) in [6, 6.07) is 20.0. The summed E-state index contributed by atoms with van der Waals surface area (Å²) in [5.74, 6) is 1.56. The topological polar surface area (TPSA) is 61.4 Å². The smallest absolute Gasteiger partial charge is 0.282 e. The van der Waals surface area contributed by atoms with Crippen LogP contribution in [0.15, 0.2) is 70.6 Å². The first-order valence-corrected chi connectivity index (χ1v) is 13.6. The molecule has 0 aliphatic heterocycles. The number of para-hydroxylation sites is 2. The molecule has 6 heteroatoms. The average molecular weight is 533 g/mol. The molecule has 6 nitrogen and oxygen atoms in total. The lowest BCUT2D eigenvalue weighted by molar-refractivity contribution is 0.407. The number of benzene rings is 3. The Morgan fingerprint density at radius 1 is 0.900 bits per heavy atom. The summed E-state index contributed by atoms with van der Waals surface area (Å²) in [6.07, 6.45) is 1.77. The van der Waals surface area contributed by atoms with Crippen LogP contribution in [0.25, 0.3) is 28.0 Å². The van der Waals surface area contributed by atoms with E-state index in [0.29, 0.717) is 16.7 Å². The van der Waals surface area contributed by atoms with E-state index in [0.717, 1.165) is 39.4 Å². The molecule has 0 atom stereocenters. The van der Waals surface area contributed by atoms with Gasteiger partial charge in [-0.1, -0.05) is 44.2 Å². The van der Waals surface area contributed by atoms with Gasteiger partial charge in [-0.2, -0.15) is 9.78 Å². The van der Waals surface area contributed by atoms with Gasteiger partial charge in [-0.15, -0.1) is 0 Å². The molecule has 0 aliphatic carbocycles. The van der Waals surface area contributed by atoms with Crippen LogP contribution >= 0.6 is 0 Å². The van der Waals surface area contributed by atoms with Crippen LogP contribution < -0.4 is 10.3 Å². The zero-order valence-electron chi connectivity index (χ0n) is 24.5. The Morgan fingerprint density at radius 2 is 1.60 bits per heavy atom. The van der Waals surface area contributed by atoms with Gasteiger partial charge in [0, 0.05) is 22.5 Å². The van der Waals surface area contributed by atoms with Crippen LogP contribution in [0.1, 0.15) is 59.0 Å². The van der Waals surface area contributed by atoms with E-state index in [4.69, 9.17) is 14.8 Å². The van der Waals surface area contributed by atoms with Crippen molar-refractivity contribution in [2.75, 3.05) is 7.11 Å². The Kier molecular flexibility index (Phi) is 7.19. The highest BCUT2D eigenvalue weighted by atomic mass is 16.5. The quantitative estimate of drug-likeness (QED) is 0.214. The standard InChI is InChI=1S/C34H36N4O2/c1-20(2)28-18-29(23(5)16-31(28)40-8)33-36-30-15-10-9-14-27(30)34(39)38(33)35-19-26-17-24(6)37(25(26)7)32-21(3)12-11-13-22(32)4/h9-20H,1-8H3. The highest BCUT2D eigenvalue weighted by molar-refractivity contribution is 5.84. The van der Waals surface area contributed by atoms with Gasteiger partial charge in [0.2, 0.25) is 0 Å². The number of aromatic nitrogens is 3.